The van der Waals surface area contributed by atoms with E-state index in [1.165, 1.54) is 98.7 Å². The van der Waals surface area contributed by atoms with Gasteiger partial charge in [-0.25, -0.2) is 0 Å². The second-order valence-electron chi connectivity index (χ2n) is 16.1. The third-order valence-corrected chi connectivity index (χ3v) is 12.9. The summed E-state index contributed by atoms with van der Waals surface area (Å²) in [6.45, 7) is 16.3. The summed E-state index contributed by atoms with van der Waals surface area (Å²) in [4.78, 5) is 0. The maximum absolute atomic E-state index is 4.17. The van der Waals surface area contributed by atoms with Crippen LogP contribution in [0.15, 0.2) is 226 Å². The van der Waals surface area contributed by atoms with Crippen molar-refractivity contribution in [3.8, 4) is 16.8 Å². The summed E-state index contributed by atoms with van der Waals surface area (Å²) in [7, 11) is 0. The number of rotatable bonds is 6. The standard InChI is InChI=1S/C57H42N4.C2H6.C2H4/c1-3-40(4-2)60-53-31-28-39(35-48(53)55-41-19-9-8-16-36(41)26-32-54(55)60)38-27-30-52-47(34-38)44-22-13-15-25-50(44)61(52)51-33-29-45(42-20-10-11-21-43(42)51)57-58-49-24-14-12-23-46(49)56(59-57)37-17-6-5-7-18-37;2*1-2/h3-35,49,57-59H,1H2,2H3;1-2H3;1-2H2/b40-4+;;. The Kier molecular flexibility index (Phi) is 11.0. The molecule has 10 aromatic rings. The largest absolute Gasteiger partial charge is 0.365 e. The fourth-order valence-corrected chi connectivity index (χ4v) is 10.1. The van der Waals surface area contributed by atoms with Crippen LogP contribution in [0.5, 0.6) is 0 Å². The third kappa shape index (κ3) is 6.73. The van der Waals surface area contributed by atoms with Gasteiger partial charge in [0.15, 0.2) is 0 Å². The number of aromatic nitrogens is 2. The first-order chi connectivity index (χ1) is 32.2. The first kappa shape index (κ1) is 41.1. The summed E-state index contributed by atoms with van der Waals surface area (Å²) in [6, 6.07) is 60.3. The number of benzene rings is 8. The number of nitrogens with one attached hydrogen (secondary N) is 2. The van der Waals surface area contributed by atoms with E-state index in [-0.39, 0.29) is 12.2 Å². The van der Waals surface area contributed by atoms with Gasteiger partial charge in [-0.15, -0.1) is 13.2 Å². The van der Waals surface area contributed by atoms with Crippen LogP contribution in [0, 0.1) is 0 Å². The summed E-state index contributed by atoms with van der Waals surface area (Å²) < 4.78 is 4.81. The molecule has 0 fully saturated rings. The average molecular weight is 841 g/mol. The van der Waals surface area contributed by atoms with Gasteiger partial charge in [0, 0.05) is 38.3 Å². The van der Waals surface area contributed by atoms with Crippen LogP contribution in [0.25, 0.3) is 93.4 Å². The van der Waals surface area contributed by atoms with E-state index in [9.17, 15) is 0 Å². The van der Waals surface area contributed by atoms with Crippen molar-refractivity contribution in [1.29, 1.82) is 0 Å². The van der Waals surface area contributed by atoms with E-state index in [2.05, 4.69) is 241 Å². The lowest BCUT2D eigenvalue weighted by Crippen LogP contribution is -2.45. The molecule has 0 spiro atoms. The van der Waals surface area contributed by atoms with Gasteiger partial charge in [-0.1, -0.05) is 172 Å². The van der Waals surface area contributed by atoms with Crippen molar-refractivity contribution in [2.45, 2.75) is 33.0 Å². The molecule has 2 unspecified atom stereocenters. The van der Waals surface area contributed by atoms with Crippen molar-refractivity contribution in [3.63, 3.8) is 0 Å². The SMILES string of the molecule is C=C.C=C/C(=C\C)n1c2ccc(-c3ccc4c(c3)c3ccccc3n4-c3ccc(C4NC(c5ccccc5)=C5C=CC=CC5N4)c4ccccc34)cc2c2c3ccccc3ccc21.CC. The van der Waals surface area contributed by atoms with Crippen LogP contribution < -0.4 is 10.6 Å². The smallest absolute Gasteiger partial charge is 0.105 e. The molecule has 12 rings (SSSR count). The lowest BCUT2D eigenvalue weighted by Gasteiger charge is -2.36. The second-order valence-corrected chi connectivity index (χ2v) is 16.1. The molecular formula is C61H52N4. The minimum absolute atomic E-state index is 0.0922. The highest BCUT2D eigenvalue weighted by molar-refractivity contribution is 6.22. The fraction of sp³-hybridized carbons (Fsp3) is 0.0820. The summed E-state index contributed by atoms with van der Waals surface area (Å²) in [5.74, 6) is 0. The first-order valence-corrected chi connectivity index (χ1v) is 22.7. The molecule has 0 radical (unpaired) electrons. The van der Waals surface area contributed by atoms with Gasteiger partial charge in [-0.3, -0.25) is 5.32 Å². The van der Waals surface area contributed by atoms with Crippen LogP contribution in [0.1, 0.15) is 38.1 Å². The lowest BCUT2D eigenvalue weighted by atomic mass is 9.91. The van der Waals surface area contributed by atoms with E-state index in [4.69, 9.17) is 0 Å². The monoisotopic (exact) mass is 840 g/mol. The molecule has 0 saturated heterocycles. The molecule has 3 heterocycles. The van der Waals surface area contributed by atoms with Crippen molar-refractivity contribution in [3.05, 3.63) is 237 Å². The summed E-state index contributed by atoms with van der Waals surface area (Å²) >= 11 is 0. The molecule has 2 aliphatic rings. The minimum atomic E-state index is -0.0922. The molecule has 1 aliphatic heterocycles. The van der Waals surface area contributed by atoms with E-state index in [1.54, 1.807) is 0 Å². The van der Waals surface area contributed by atoms with Gasteiger partial charge in [0.1, 0.15) is 6.17 Å². The molecule has 4 nitrogen and oxygen atoms in total. The molecular weight excluding hydrogens is 789 g/mol. The van der Waals surface area contributed by atoms with Gasteiger partial charge in [-0.05, 0) is 99.4 Å². The molecule has 65 heavy (non-hydrogen) atoms. The van der Waals surface area contributed by atoms with Gasteiger partial charge in [0.25, 0.3) is 0 Å². The van der Waals surface area contributed by atoms with Gasteiger partial charge < -0.3 is 14.5 Å². The Bertz CT molecular complexity index is 3590. The molecule has 2 aromatic heterocycles. The topological polar surface area (TPSA) is 33.9 Å². The predicted molar refractivity (Wildman–Crippen MR) is 281 cm³/mol. The number of fused-ring (bicyclic) bond motifs is 10. The number of para-hydroxylation sites is 1. The normalized spacial score (nSPS) is 15.8. The van der Waals surface area contributed by atoms with E-state index in [1.807, 2.05) is 19.9 Å². The molecule has 0 amide bonds. The Morgan fingerprint density at radius 1 is 0.569 bits per heavy atom. The zero-order valence-electron chi connectivity index (χ0n) is 37.2. The van der Waals surface area contributed by atoms with Gasteiger partial charge >= 0.3 is 0 Å². The predicted octanol–water partition coefficient (Wildman–Crippen LogP) is 15.8. The zero-order valence-corrected chi connectivity index (χ0v) is 37.2. The van der Waals surface area contributed by atoms with Gasteiger partial charge in [0.05, 0.1) is 33.8 Å². The highest BCUT2D eigenvalue weighted by Gasteiger charge is 2.29. The van der Waals surface area contributed by atoms with E-state index in [0.29, 0.717) is 0 Å². The molecule has 1 aliphatic carbocycles. The van der Waals surface area contributed by atoms with E-state index in [0.717, 1.165) is 11.4 Å². The van der Waals surface area contributed by atoms with Crippen LogP contribution in [0.2, 0.25) is 0 Å². The van der Waals surface area contributed by atoms with E-state index >= 15 is 0 Å². The van der Waals surface area contributed by atoms with Gasteiger partial charge in [0.2, 0.25) is 0 Å². The molecule has 0 saturated carbocycles. The number of nitrogens with zero attached hydrogens (tertiary/aromatic N) is 2. The van der Waals surface area contributed by atoms with Gasteiger partial charge in [-0.2, -0.15) is 0 Å². The summed E-state index contributed by atoms with van der Waals surface area (Å²) in [6.07, 6.45) is 12.7. The fourth-order valence-electron chi connectivity index (χ4n) is 10.1. The highest BCUT2D eigenvalue weighted by atomic mass is 15.2. The molecule has 2 N–H and O–H groups in total. The Hall–Kier alpha value is -7.92. The maximum atomic E-state index is 4.17. The first-order valence-electron chi connectivity index (χ1n) is 22.7. The van der Waals surface area contributed by atoms with Crippen LogP contribution in [-0.2, 0) is 0 Å². The summed E-state index contributed by atoms with van der Waals surface area (Å²) in [5.41, 5.74) is 14.2. The quantitative estimate of drug-likeness (QED) is 0.129. The molecule has 0 bridgehead atoms. The molecule has 8 aromatic carbocycles. The number of allylic oxidation sites excluding steroid dienone is 5. The Morgan fingerprint density at radius 2 is 1.22 bits per heavy atom. The van der Waals surface area contributed by atoms with Crippen LogP contribution in [0.4, 0.5) is 0 Å². The Morgan fingerprint density at radius 3 is 1.98 bits per heavy atom. The van der Waals surface area contributed by atoms with Crippen LogP contribution in [-0.4, -0.2) is 15.2 Å². The minimum Gasteiger partial charge on any atom is -0.365 e. The number of hydrogen-bond donors (Lipinski definition) is 2. The average Bonchev–Trinajstić information content (AvgIpc) is 3.90. The van der Waals surface area contributed by atoms with Crippen LogP contribution in [0.3, 0.4) is 0 Å². The summed E-state index contributed by atoms with van der Waals surface area (Å²) in [5, 5.41) is 17.7. The van der Waals surface area contributed by atoms with Crippen LogP contribution >= 0.6 is 0 Å². The highest BCUT2D eigenvalue weighted by Crippen LogP contribution is 2.42. The molecule has 316 valence electrons. The van der Waals surface area contributed by atoms with Crippen molar-refractivity contribution < 1.29 is 0 Å². The second kappa shape index (κ2) is 17.3. The van der Waals surface area contributed by atoms with Crippen molar-refractivity contribution in [2.24, 2.45) is 0 Å². The van der Waals surface area contributed by atoms with Crippen molar-refractivity contribution in [1.82, 2.24) is 19.8 Å². The zero-order chi connectivity index (χ0) is 44.6. The van der Waals surface area contributed by atoms with E-state index < -0.39 is 0 Å². The maximum Gasteiger partial charge on any atom is 0.105 e. The van der Waals surface area contributed by atoms with Crippen molar-refractivity contribution in [2.75, 3.05) is 0 Å². The third-order valence-electron chi connectivity index (χ3n) is 12.9. The Balaban J connectivity index is 0.00000121. The Labute approximate surface area is 381 Å². The lowest BCUT2D eigenvalue weighted by molar-refractivity contribution is 0.462. The molecule has 2 atom stereocenters. The molecule has 4 heteroatoms. The number of hydrogen-bond acceptors (Lipinski definition) is 2. The van der Waals surface area contributed by atoms with Crippen molar-refractivity contribution >= 4 is 76.6 Å².